The van der Waals surface area contributed by atoms with Crippen molar-refractivity contribution in [2.75, 3.05) is 0 Å². The number of rotatable bonds is 3. The van der Waals surface area contributed by atoms with Gasteiger partial charge in [0.1, 0.15) is 5.76 Å². The van der Waals surface area contributed by atoms with Gasteiger partial charge >= 0.3 is 0 Å². The summed E-state index contributed by atoms with van der Waals surface area (Å²) < 4.78 is 11.0. The van der Waals surface area contributed by atoms with E-state index in [4.69, 9.17) is 14.7 Å². The van der Waals surface area contributed by atoms with E-state index in [1.165, 1.54) is 12.8 Å². The third-order valence-electron chi connectivity index (χ3n) is 4.09. The van der Waals surface area contributed by atoms with Crippen LogP contribution in [0.1, 0.15) is 57.0 Å². The molecule has 0 unspecified atom stereocenters. The number of furan rings is 1. The molecule has 2 aromatic heterocycles. The molecule has 0 saturated heterocycles. The van der Waals surface area contributed by atoms with Gasteiger partial charge in [-0.05, 0) is 25.0 Å². The van der Waals surface area contributed by atoms with E-state index in [1.54, 1.807) is 0 Å². The van der Waals surface area contributed by atoms with Gasteiger partial charge in [-0.15, -0.1) is 0 Å². The molecule has 2 heterocycles. The molecule has 20 heavy (non-hydrogen) atoms. The molecule has 5 heteroatoms. The van der Waals surface area contributed by atoms with E-state index in [0.717, 1.165) is 37.9 Å². The highest BCUT2D eigenvalue weighted by Gasteiger charge is 2.33. The van der Waals surface area contributed by atoms with Crippen LogP contribution >= 0.6 is 0 Å². The van der Waals surface area contributed by atoms with E-state index >= 15 is 0 Å². The van der Waals surface area contributed by atoms with Crippen LogP contribution in [0.2, 0.25) is 0 Å². The maximum Gasteiger partial charge on any atom is 0.293 e. The van der Waals surface area contributed by atoms with Gasteiger partial charge < -0.3 is 14.7 Å². The predicted octanol–water partition coefficient (Wildman–Crippen LogP) is 3.40. The molecule has 0 amide bonds. The molecule has 1 aliphatic carbocycles. The molecule has 2 N–H and O–H groups in total. The van der Waals surface area contributed by atoms with E-state index in [2.05, 4.69) is 10.1 Å². The zero-order valence-corrected chi connectivity index (χ0v) is 11.9. The smallest absolute Gasteiger partial charge is 0.293 e. The van der Waals surface area contributed by atoms with E-state index in [-0.39, 0.29) is 0 Å². The first-order valence-corrected chi connectivity index (χ1v) is 7.43. The van der Waals surface area contributed by atoms with Crippen molar-refractivity contribution in [3.63, 3.8) is 0 Å². The zero-order valence-electron chi connectivity index (χ0n) is 11.9. The van der Waals surface area contributed by atoms with Gasteiger partial charge in [0, 0.05) is 6.42 Å². The fourth-order valence-corrected chi connectivity index (χ4v) is 2.79. The molecule has 0 aromatic carbocycles. The van der Waals surface area contributed by atoms with E-state index in [9.17, 15) is 0 Å². The molecule has 2 aromatic rings. The Hall–Kier alpha value is -1.62. The highest BCUT2D eigenvalue weighted by Crippen LogP contribution is 2.33. The van der Waals surface area contributed by atoms with Gasteiger partial charge in [-0.25, -0.2) is 0 Å². The zero-order chi connectivity index (χ0) is 14.0. The Morgan fingerprint density at radius 1 is 1.20 bits per heavy atom. The second-order valence-corrected chi connectivity index (χ2v) is 5.61. The Morgan fingerprint density at radius 2 is 1.95 bits per heavy atom. The minimum atomic E-state index is -0.446. The quantitative estimate of drug-likeness (QED) is 0.868. The third kappa shape index (κ3) is 2.50. The first-order valence-electron chi connectivity index (χ1n) is 7.43. The standard InChI is InChI=1S/C15H21N3O2/c1-2-11-7-8-12(19-11)13-17-14(18-20-13)15(16)9-5-3-4-6-10-15/h7-8H,2-6,9-10,16H2,1H3. The van der Waals surface area contributed by atoms with Crippen molar-refractivity contribution in [3.8, 4) is 11.7 Å². The van der Waals surface area contributed by atoms with Crippen LogP contribution < -0.4 is 5.73 Å². The Morgan fingerprint density at radius 3 is 2.60 bits per heavy atom. The summed E-state index contributed by atoms with van der Waals surface area (Å²) in [5.74, 6) is 2.58. The highest BCUT2D eigenvalue weighted by atomic mass is 16.5. The number of nitrogens with zero attached hydrogens (tertiary/aromatic N) is 2. The number of hydrogen-bond donors (Lipinski definition) is 1. The Balaban J connectivity index is 1.85. The lowest BCUT2D eigenvalue weighted by Crippen LogP contribution is -2.37. The molecule has 0 atom stereocenters. The summed E-state index contributed by atoms with van der Waals surface area (Å²) in [7, 11) is 0. The maximum absolute atomic E-state index is 6.49. The lowest BCUT2D eigenvalue weighted by atomic mass is 9.91. The minimum Gasteiger partial charge on any atom is -0.456 e. The molecular formula is C15H21N3O2. The topological polar surface area (TPSA) is 78.1 Å². The second kappa shape index (κ2) is 5.40. The van der Waals surface area contributed by atoms with Crippen molar-refractivity contribution < 1.29 is 8.94 Å². The Bertz CT molecular complexity index is 565. The van der Waals surface area contributed by atoms with Crippen LogP contribution in [0, 0.1) is 0 Å². The molecule has 1 fully saturated rings. The largest absolute Gasteiger partial charge is 0.456 e. The average Bonchev–Trinajstić information content (AvgIpc) is 3.06. The van der Waals surface area contributed by atoms with Crippen LogP contribution in [0.5, 0.6) is 0 Å². The number of aryl methyl sites for hydroxylation is 1. The lowest BCUT2D eigenvalue weighted by molar-refractivity contribution is 0.333. The van der Waals surface area contributed by atoms with Crippen molar-refractivity contribution in [1.82, 2.24) is 10.1 Å². The third-order valence-corrected chi connectivity index (χ3v) is 4.09. The number of aromatic nitrogens is 2. The summed E-state index contributed by atoms with van der Waals surface area (Å²) in [6, 6.07) is 3.80. The molecule has 5 nitrogen and oxygen atoms in total. The Kier molecular flexibility index (Phi) is 3.61. The number of nitrogens with two attached hydrogens (primary N) is 1. The monoisotopic (exact) mass is 275 g/mol. The molecule has 1 aliphatic rings. The van der Waals surface area contributed by atoms with Crippen molar-refractivity contribution in [2.45, 2.75) is 57.4 Å². The van der Waals surface area contributed by atoms with Gasteiger partial charge in [-0.1, -0.05) is 37.8 Å². The highest BCUT2D eigenvalue weighted by molar-refractivity contribution is 5.44. The summed E-state index contributed by atoms with van der Waals surface area (Å²) in [4.78, 5) is 4.47. The number of hydrogen-bond acceptors (Lipinski definition) is 5. The van der Waals surface area contributed by atoms with Gasteiger partial charge in [-0.2, -0.15) is 4.98 Å². The van der Waals surface area contributed by atoms with Crippen molar-refractivity contribution >= 4 is 0 Å². The van der Waals surface area contributed by atoms with Crippen LogP contribution in [0.3, 0.4) is 0 Å². The van der Waals surface area contributed by atoms with Crippen LogP contribution in [-0.4, -0.2) is 10.1 Å². The van der Waals surface area contributed by atoms with Gasteiger partial charge in [0.05, 0.1) is 5.54 Å². The molecule has 0 aliphatic heterocycles. The van der Waals surface area contributed by atoms with Crippen molar-refractivity contribution in [1.29, 1.82) is 0 Å². The maximum atomic E-state index is 6.49. The fourth-order valence-electron chi connectivity index (χ4n) is 2.79. The van der Waals surface area contributed by atoms with Crippen LogP contribution in [0.25, 0.3) is 11.7 Å². The fraction of sp³-hybridized carbons (Fsp3) is 0.600. The van der Waals surface area contributed by atoms with Crippen LogP contribution in [0.4, 0.5) is 0 Å². The van der Waals surface area contributed by atoms with Gasteiger partial charge in [0.2, 0.25) is 0 Å². The SMILES string of the molecule is CCc1ccc(-c2nc(C3(N)CCCCCC3)no2)o1. The summed E-state index contributed by atoms with van der Waals surface area (Å²) in [6.45, 7) is 2.04. The molecule has 0 spiro atoms. The first-order chi connectivity index (χ1) is 9.71. The van der Waals surface area contributed by atoms with Gasteiger partial charge in [-0.3, -0.25) is 0 Å². The minimum absolute atomic E-state index is 0.425. The molecule has 0 radical (unpaired) electrons. The second-order valence-electron chi connectivity index (χ2n) is 5.61. The van der Waals surface area contributed by atoms with Crippen LogP contribution in [-0.2, 0) is 12.0 Å². The molecule has 108 valence electrons. The molecule has 0 bridgehead atoms. The van der Waals surface area contributed by atoms with Gasteiger partial charge in [0.25, 0.3) is 5.89 Å². The average molecular weight is 275 g/mol. The molecule has 3 rings (SSSR count). The normalized spacial score (nSPS) is 18.9. The summed E-state index contributed by atoms with van der Waals surface area (Å²) in [5.41, 5.74) is 6.04. The van der Waals surface area contributed by atoms with Crippen molar-refractivity contribution in [2.24, 2.45) is 5.73 Å². The first kappa shape index (κ1) is 13.4. The predicted molar refractivity (Wildman–Crippen MR) is 74.9 cm³/mol. The van der Waals surface area contributed by atoms with E-state index in [1.807, 2.05) is 19.1 Å². The van der Waals surface area contributed by atoms with Crippen molar-refractivity contribution in [3.05, 3.63) is 23.7 Å². The van der Waals surface area contributed by atoms with Gasteiger partial charge in [0.15, 0.2) is 11.6 Å². The molecule has 1 saturated carbocycles. The van der Waals surface area contributed by atoms with E-state index < -0.39 is 5.54 Å². The summed E-state index contributed by atoms with van der Waals surface area (Å²) in [6.07, 6.45) is 7.42. The lowest BCUT2D eigenvalue weighted by Gasteiger charge is -2.23. The summed E-state index contributed by atoms with van der Waals surface area (Å²) in [5, 5.41) is 4.09. The summed E-state index contributed by atoms with van der Waals surface area (Å²) >= 11 is 0. The van der Waals surface area contributed by atoms with E-state index in [0.29, 0.717) is 17.5 Å². The molecular weight excluding hydrogens is 254 g/mol. The van der Waals surface area contributed by atoms with Crippen LogP contribution in [0.15, 0.2) is 21.1 Å². The Labute approximate surface area is 118 Å².